The molecule has 0 spiro atoms. The zero-order valence-corrected chi connectivity index (χ0v) is 10.2. The van der Waals surface area contributed by atoms with Gasteiger partial charge < -0.3 is 0 Å². The van der Waals surface area contributed by atoms with Crippen LogP contribution in [0.3, 0.4) is 0 Å². The van der Waals surface area contributed by atoms with E-state index in [0.29, 0.717) is 6.04 Å². The summed E-state index contributed by atoms with van der Waals surface area (Å²) in [4.78, 5) is 0. The highest BCUT2D eigenvalue weighted by Gasteiger charge is 2.08. The molecule has 0 aliphatic heterocycles. The van der Waals surface area contributed by atoms with Gasteiger partial charge in [0.25, 0.3) is 0 Å². The van der Waals surface area contributed by atoms with E-state index in [4.69, 9.17) is 0 Å². The Morgan fingerprint density at radius 1 is 1.24 bits per heavy atom. The van der Waals surface area contributed by atoms with E-state index in [9.17, 15) is 4.39 Å². The first-order valence-electron chi connectivity index (χ1n) is 6.04. The van der Waals surface area contributed by atoms with E-state index >= 15 is 0 Å². The Labute approximate surface area is 101 Å². The third kappa shape index (κ3) is 2.54. The van der Waals surface area contributed by atoms with Crippen molar-refractivity contribution in [2.45, 2.75) is 32.7 Å². The molecule has 0 fully saturated rings. The van der Waals surface area contributed by atoms with E-state index in [-0.39, 0.29) is 5.82 Å². The summed E-state index contributed by atoms with van der Waals surface area (Å²) in [7, 11) is 0. The molecule has 1 aromatic heterocycles. The zero-order valence-electron chi connectivity index (χ0n) is 10.2. The predicted molar refractivity (Wildman–Crippen MR) is 67.2 cm³/mol. The Morgan fingerprint density at radius 3 is 2.65 bits per heavy atom. The standard InChI is InChI=1S/C14H17FN2/c1-3-14(4-2)17-10-12(9-16-17)11-6-5-7-13(15)8-11/h5-10,14H,3-4H2,1-2H3. The number of nitrogens with zero attached hydrogens (tertiary/aromatic N) is 2. The first kappa shape index (κ1) is 11.8. The Morgan fingerprint density at radius 2 is 2.00 bits per heavy atom. The van der Waals surface area contributed by atoms with Crippen molar-refractivity contribution in [2.75, 3.05) is 0 Å². The Bertz CT molecular complexity index is 486. The topological polar surface area (TPSA) is 17.8 Å². The van der Waals surface area contributed by atoms with Crippen LogP contribution in [-0.4, -0.2) is 9.78 Å². The summed E-state index contributed by atoms with van der Waals surface area (Å²) in [6, 6.07) is 7.04. The van der Waals surface area contributed by atoms with Crippen molar-refractivity contribution < 1.29 is 4.39 Å². The van der Waals surface area contributed by atoms with Crippen LogP contribution in [0.25, 0.3) is 11.1 Å². The third-order valence-electron chi connectivity index (χ3n) is 3.08. The van der Waals surface area contributed by atoms with Gasteiger partial charge in [-0.2, -0.15) is 5.10 Å². The number of hydrogen-bond acceptors (Lipinski definition) is 1. The van der Waals surface area contributed by atoms with Crippen LogP contribution >= 0.6 is 0 Å². The fourth-order valence-corrected chi connectivity index (χ4v) is 2.02. The molecule has 0 N–H and O–H groups in total. The molecule has 1 heterocycles. The molecule has 0 amide bonds. The van der Waals surface area contributed by atoms with Crippen LogP contribution in [0, 0.1) is 5.82 Å². The molecule has 0 unspecified atom stereocenters. The minimum absolute atomic E-state index is 0.210. The second kappa shape index (κ2) is 5.13. The average Bonchev–Trinajstić information content (AvgIpc) is 2.80. The Hall–Kier alpha value is -1.64. The minimum Gasteiger partial charge on any atom is -0.269 e. The Kier molecular flexibility index (Phi) is 3.57. The Balaban J connectivity index is 2.29. The van der Waals surface area contributed by atoms with Crippen LogP contribution in [0.5, 0.6) is 0 Å². The lowest BCUT2D eigenvalue weighted by Crippen LogP contribution is -2.06. The van der Waals surface area contributed by atoms with Gasteiger partial charge >= 0.3 is 0 Å². The van der Waals surface area contributed by atoms with E-state index < -0.39 is 0 Å². The van der Waals surface area contributed by atoms with Crippen LogP contribution < -0.4 is 0 Å². The van der Waals surface area contributed by atoms with Gasteiger partial charge in [0.1, 0.15) is 5.82 Å². The van der Waals surface area contributed by atoms with Crippen molar-refractivity contribution in [3.63, 3.8) is 0 Å². The van der Waals surface area contributed by atoms with Crippen LogP contribution in [0.4, 0.5) is 4.39 Å². The monoisotopic (exact) mass is 232 g/mol. The van der Waals surface area contributed by atoms with Gasteiger partial charge in [-0.1, -0.05) is 26.0 Å². The summed E-state index contributed by atoms with van der Waals surface area (Å²) < 4.78 is 15.1. The first-order chi connectivity index (χ1) is 8.24. The maximum absolute atomic E-state index is 13.1. The van der Waals surface area contributed by atoms with Gasteiger partial charge in [0.15, 0.2) is 0 Å². The summed E-state index contributed by atoms with van der Waals surface area (Å²) >= 11 is 0. The van der Waals surface area contributed by atoms with Crippen LogP contribution in [0.1, 0.15) is 32.7 Å². The second-order valence-electron chi connectivity index (χ2n) is 4.19. The molecule has 0 aliphatic carbocycles. The lowest BCUT2D eigenvalue weighted by atomic mass is 10.1. The quantitative estimate of drug-likeness (QED) is 0.777. The number of aromatic nitrogens is 2. The maximum atomic E-state index is 13.1. The fourth-order valence-electron chi connectivity index (χ4n) is 2.02. The zero-order chi connectivity index (χ0) is 12.3. The minimum atomic E-state index is -0.210. The lowest BCUT2D eigenvalue weighted by molar-refractivity contribution is 0.428. The fraction of sp³-hybridized carbons (Fsp3) is 0.357. The highest BCUT2D eigenvalue weighted by molar-refractivity contribution is 5.61. The van der Waals surface area contributed by atoms with E-state index in [1.54, 1.807) is 12.3 Å². The summed E-state index contributed by atoms with van der Waals surface area (Å²) in [6.07, 6.45) is 5.90. The van der Waals surface area contributed by atoms with Crippen molar-refractivity contribution >= 4 is 0 Å². The maximum Gasteiger partial charge on any atom is 0.123 e. The summed E-state index contributed by atoms with van der Waals surface area (Å²) in [5.41, 5.74) is 1.85. The molecule has 0 bridgehead atoms. The van der Waals surface area contributed by atoms with E-state index in [1.807, 2.05) is 16.9 Å². The average molecular weight is 232 g/mol. The second-order valence-corrected chi connectivity index (χ2v) is 4.19. The van der Waals surface area contributed by atoms with Crippen molar-refractivity contribution in [3.8, 4) is 11.1 Å². The molecule has 0 saturated heterocycles. The van der Waals surface area contributed by atoms with Gasteiger partial charge in [-0.3, -0.25) is 4.68 Å². The van der Waals surface area contributed by atoms with Crippen molar-refractivity contribution in [3.05, 3.63) is 42.5 Å². The molecular weight excluding hydrogens is 215 g/mol. The first-order valence-corrected chi connectivity index (χ1v) is 6.04. The molecular formula is C14H17FN2. The molecule has 0 radical (unpaired) electrons. The SMILES string of the molecule is CCC(CC)n1cc(-c2cccc(F)c2)cn1. The highest BCUT2D eigenvalue weighted by Crippen LogP contribution is 2.22. The molecule has 3 heteroatoms. The molecule has 2 rings (SSSR count). The predicted octanol–water partition coefficient (Wildman–Crippen LogP) is 4.05. The molecule has 17 heavy (non-hydrogen) atoms. The van der Waals surface area contributed by atoms with Gasteiger partial charge in [0, 0.05) is 11.8 Å². The largest absolute Gasteiger partial charge is 0.269 e. The van der Waals surface area contributed by atoms with Crippen LogP contribution in [-0.2, 0) is 0 Å². The molecule has 2 aromatic rings. The van der Waals surface area contributed by atoms with E-state index in [0.717, 1.165) is 24.0 Å². The number of hydrogen-bond donors (Lipinski definition) is 0. The van der Waals surface area contributed by atoms with Crippen molar-refractivity contribution in [2.24, 2.45) is 0 Å². The van der Waals surface area contributed by atoms with Crippen molar-refractivity contribution in [1.82, 2.24) is 9.78 Å². The molecule has 0 atom stereocenters. The van der Waals surface area contributed by atoms with Gasteiger partial charge in [-0.15, -0.1) is 0 Å². The third-order valence-corrected chi connectivity index (χ3v) is 3.08. The molecule has 0 saturated carbocycles. The number of rotatable bonds is 4. The van der Waals surface area contributed by atoms with Gasteiger partial charge in [0.2, 0.25) is 0 Å². The van der Waals surface area contributed by atoms with Gasteiger partial charge in [0.05, 0.1) is 12.2 Å². The van der Waals surface area contributed by atoms with E-state index in [2.05, 4.69) is 18.9 Å². The highest BCUT2D eigenvalue weighted by atomic mass is 19.1. The summed E-state index contributed by atoms with van der Waals surface area (Å²) in [6.45, 7) is 4.30. The molecule has 1 aromatic carbocycles. The van der Waals surface area contributed by atoms with Gasteiger partial charge in [-0.25, -0.2) is 4.39 Å². The lowest BCUT2D eigenvalue weighted by Gasteiger charge is -2.12. The molecule has 0 aliphatic rings. The van der Waals surface area contributed by atoms with Crippen molar-refractivity contribution in [1.29, 1.82) is 0 Å². The van der Waals surface area contributed by atoms with Crippen LogP contribution in [0.15, 0.2) is 36.7 Å². The summed E-state index contributed by atoms with van der Waals surface area (Å²) in [5.74, 6) is -0.210. The molecule has 90 valence electrons. The smallest absolute Gasteiger partial charge is 0.123 e. The van der Waals surface area contributed by atoms with Crippen LogP contribution in [0.2, 0.25) is 0 Å². The number of halogens is 1. The van der Waals surface area contributed by atoms with E-state index in [1.165, 1.54) is 12.1 Å². The number of benzene rings is 1. The van der Waals surface area contributed by atoms with Gasteiger partial charge in [-0.05, 0) is 30.5 Å². The summed E-state index contributed by atoms with van der Waals surface area (Å²) in [5, 5.41) is 4.36. The molecule has 2 nitrogen and oxygen atoms in total. The normalized spacial score (nSPS) is 11.1.